The van der Waals surface area contributed by atoms with E-state index in [-0.39, 0.29) is 24.0 Å². The SMILES string of the molecule is CCOC(=O)Cc1csc(NC(=O)C(CC)Sc2cccc(NC(=O)/C(=C/c3cccc(Cl)c3)NC(=O)c3ccccc3)c2)n1. The van der Waals surface area contributed by atoms with E-state index in [0.717, 1.165) is 4.90 Å². The molecule has 45 heavy (non-hydrogen) atoms. The smallest absolute Gasteiger partial charge is 0.311 e. The second-order valence-electron chi connectivity index (χ2n) is 9.54. The van der Waals surface area contributed by atoms with Gasteiger partial charge in [-0.2, -0.15) is 0 Å². The Labute approximate surface area is 274 Å². The molecule has 0 spiro atoms. The number of hydrogen-bond donors (Lipinski definition) is 3. The number of thiazole rings is 1. The van der Waals surface area contributed by atoms with E-state index in [1.54, 1.807) is 91.2 Å². The maximum absolute atomic E-state index is 13.4. The van der Waals surface area contributed by atoms with Gasteiger partial charge in [0.25, 0.3) is 11.8 Å². The van der Waals surface area contributed by atoms with Gasteiger partial charge in [-0.3, -0.25) is 19.2 Å². The van der Waals surface area contributed by atoms with Crippen molar-refractivity contribution < 1.29 is 23.9 Å². The molecule has 1 unspecified atom stereocenters. The van der Waals surface area contributed by atoms with E-state index in [1.165, 1.54) is 23.1 Å². The van der Waals surface area contributed by atoms with E-state index in [9.17, 15) is 19.2 Å². The average Bonchev–Trinajstić information content (AvgIpc) is 3.46. The number of hydrogen-bond acceptors (Lipinski definition) is 8. The normalized spacial score (nSPS) is 11.8. The topological polar surface area (TPSA) is 126 Å². The molecule has 3 N–H and O–H groups in total. The van der Waals surface area contributed by atoms with Crippen LogP contribution in [0, 0.1) is 0 Å². The molecule has 0 radical (unpaired) electrons. The van der Waals surface area contributed by atoms with Crippen LogP contribution in [0.1, 0.15) is 41.9 Å². The van der Waals surface area contributed by atoms with Crippen LogP contribution >= 0.6 is 34.7 Å². The molecule has 0 bridgehead atoms. The van der Waals surface area contributed by atoms with Crippen molar-refractivity contribution in [1.82, 2.24) is 10.3 Å². The highest BCUT2D eigenvalue weighted by Crippen LogP contribution is 2.29. The van der Waals surface area contributed by atoms with Crippen molar-refractivity contribution in [2.24, 2.45) is 0 Å². The molecule has 12 heteroatoms. The summed E-state index contributed by atoms with van der Waals surface area (Å²) in [7, 11) is 0. The number of halogens is 1. The molecule has 3 amide bonds. The second kappa shape index (κ2) is 16.6. The van der Waals surface area contributed by atoms with Crippen LogP contribution in [0.4, 0.5) is 10.8 Å². The summed E-state index contributed by atoms with van der Waals surface area (Å²) in [6.45, 7) is 3.93. The van der Waals surface area contributed by atoms with Gasteiger partial charge in [0.15, 0.2) is 5.13 Å². The fourth-order valence-corrected chi connectivity index (χ4v) is 5.95. The maximum atomic E-state index is 13.4. The van der Waals surface area contributed by atoms with Crippen molar-refractivity contribution in [3.05, 3.63) is 112 Å². The number of ether oxygens (including phenoxy) is 1. The molecular formula is C33H31ClN4O5S2. The third kappa shape index (κ3) is 10.3. The molecule has 1 atom stereocenters. The fraction of sp³-hybridized carbons (Fsp3) is 0.182. The summed E-state index contributed by atoms with van der Waals surface area (Å²) in [5.41, 5.74) is 2.07. The Balaban J connectivity index is 1.44. The minimum absolute atomic E-state index is 0.0285. The maximum Gasteiger partial charge on any atom is 0.311 e. The monoisotopic (exact) mass is 662 g/mol. The zero-order valence-electron chi connectivity index (χ0n) is 24.5. The predicted molar refractivity (Wildman–Crippen MR) is 179 cm³/mol. The molecule has 0 fully saturated rings. The van der Waals surface area contributed by atoms with Gasteiger partial charge in [-0.1, -0.05) is 54.9 Å². The zero-order chi connectivity index (χ0) is 32.2. The first-order chi connectivity index (χ1) is 21.7. The van der Waals surface area contributed by atoms with Gasteiger partial charge in [-0.25, -0.2) is 4.98 Å². The Hall–Kier alpha value is -4.45. The summed E-state index contributed by atoms with van der Waals surface area (Å²) < 4.78 is 4.95. The van der Waals surface area contributed by atoms with Crippen molar-refractivity contribution in [1.29, 1.82) is 0 Å². The number of carbonyl (C=O) groups is 4. The molecule has 232 valence electrons. The molecule has 4 rings (SSSR count). The molecule has 9 nitrogen and oxygen atoms in total. The van der Waals surface area contributed by atoms with Crippen LogP contribution in [0.5, 0.6) is 0 Å². The zero-order valence-corrected chi connectivity index (χ0v) is 26.9. The highest BCUT2D eigenvalue weighted by atomic mass is 35.5. The number of benzene rings is 3. The van der Waals surface area contributed by atoms with Crippen molar-refractivity contribution >= 4 is 75.3 Å². The van der Waals surface area contributed by atoms with E-state index in [4.69, 9.17) is 16.3 Å². The van der Waals surface area contributed by atoms with Crippen LogP contribution in [0.3, 0.4) is 0 Å². The number of nitrogens with zero attached hydrogens (tertiary/aromatic N) is 1. The number of anilines is 2. The molecule has 0 aliphatic rings. The van der Waals surface area contributed by atoms with Gasteiger partial charge in [0, 0.05) is 26.5 Å². The third-order valence-corrected chi connectivity index (χ3v) is 8.53. The first-order valence-electron chi connectivity index (χ1n) is 14.1. The van der Waals surface area contributed by atoms with Gasteiger partial charge >= 0.3 is 5.97 Å². The van der Waals surface area contributed by atoms with Crippen LogP contribution < -0.4 is 16.0 Å². The number of carbonyl (C=O) groups excluding carboxylic acids is 4. The lowest BCUT2D eigenvalue weighted by Crippen LogP contribution is -2.30. The number of nitrogens with one attached hydrogen (secondary N) is 3. The van der Waals surface area contributed by atoms with E-state index in [1.807, 2.05) is 13.0 Å². The molecule has 1 aromatic heterocycles. The predicted octanol–water partition coefficient (Wildman–Crippen LogP) is 6.82. The van der Waals surface area contributed by atoms with Crippen molar-refractivity contribution in [2.45, 2.75) is 36.8 Å². The van der Waals surface area contributed by atoms with E-state index >= 15 is 0 Å². The van der Waals surface area contributed by atoms with Gasteiger partial charge in [0.05, 0.1) is 24.0 Å². The largest absolute Gasteiger partial charge is 0.466 e. The molecule has 3 aromatic carbocycles. The molecular weight excluding hydrogens is 632 g/mol. The quantitative estimate of drug-likeness (QED) is 0.0815. The van der Waals surface area contributed by atoms with Crippen LogP contribution in [0.15, 0.2) is 94.8 Å². The lowest BCUT2D eigenvalue weighted by atomic mass is 10.1. The van der Waals surface area contributed by atoms with Gasteiger partial charge < -0.3 is 20.7 Å². The van der Waals surface area contributed by atoms with E-state index < -0.39 is 17.1 Å². The van der Waals surface area contributed by atoms with Crippen molar-refractivity contribution in [3.8, 4) is 0 Å². The van der Waals surface area contributed by atoms with E-state index in [0.29, 0.717) is 45.7 Å². The highest BCUT2D eigenvalue weighted by Gasteiger charge is 2.21. The highest BCUT2D eigenvalue weighted by molar-refractivity contribution is 8.00. The molecule has 0 aliphatic carbocycles. The first-order valence-corrected chi connectivity index (χ1v) is 16.2. The lowest BCUT2D eigenvalue weighted by molar-refractivity contribution is -0.142. The minimum atomic E-state index is -0.534. The summed E-state index contributed by atoms with van der Waals surface area (Å²) in [5, 5.41) is 10.5. The number of thioether (sulfide) groups is 1. The molecule has 1 heterocycles. The van der Waals surface area contributed by atoms with Crippen LogP contribution in [-0.2, 0) is 25.5 Å². The average molecular weight is 663 g/mol. The summed E-state index contributed by atoms with van der Waals surface area (Å²) in [6.07, 6.45) is 2.12. The van der Waals surface area contributed by atoms with E-state index in [2.05, 4.69) is 20.9 Å². The van der Waals surface area contributed by atoms with Gasteiger partial charge in [-0.15, -0.1) is 23.1 Å². The summed E-state index contributed by atoms with van der Waals surface area (Å²) >= 11 is 8.72. The first kappa shape index (κ1) is 33.4. The third-order valence-electron chi connectivity index (χ3n) is 6.13. The van der Waals surface area contributed by atoms with Crippen molar-refractivity contribution in [2.75, 3.05) is 17.2 Å². The van der Waals surface area contributed by atoms with Crippen LogP contribution in [-0.4, -0.2) is 40.5 Å². The summed E-state index contributed by atoms with van der Waals surface area (Å²) in [4.78, 5) is 56.2. The van der Waals surface area contributed by atoms with Gasteiger partial charge in [0.2, 0.25) is 5.91 Å². The fourth-order valence-electron chi connectivity index (χ4n) is 4.03. The number of esters is 1. The Bertz CT molecular complexity index is 1690. The molecule has 4 aromatic rings. The summed E-state index contributed by atoms with van der Waals surface area (Å²) in [6, 6.07) is 22.6. The standard InChI is InChI=1S/C33H31ClN4O5S2/c1-3-28(32(42)38-33-36-25(20-44-33)19-29(39)43-4-2)45-26-15-9-14-24(18-26)35-31(41)27(17-21-10-8-13-23(34)16-21)37-30(40)22-11-6-5-7-12-22/h5-18,20,28H,3-4,19H2,1-2H3,(H,35,41)(H,37,40)(H,36,38,42)/b27-17-. The van der Waals surface area contributed by atoms with Crippen LogP contribution in [0.2, 0.25) is 5.02 Å². The number of rotatable bonds is 13. The molecule has 0 saturated heterocycles. The molecule has 0 saturated carbocycles. The Morgan fingerprint density at radius 2 is 1.76 bits per heavy atom. The lowest BCUT2D eigenvalue weighted by Gasteiger charge is -2.15. The van der Waals surface area contributed by atoms with Crippen LogP contribution in [0.25, 0.3) is 6.08 Å². The molecule has 0 aliphatic heterocycles. The Morgan fingerprint density at radius 1 is 0.978 bits per heavy atom. The van der Waals surface area contributed by atoms with Gasteiger partial charge in [0.1, 0.15) is 5.70 Å². The Kier molecular flexibility index (Phi) is 12.3. The van der Waals surface area contributed by atoms with Gasteiger partial charge in [-0.05, 0) is 67.4 Å². The second-order valence-corrected chi connectivity index (χ2v) is 12.1. The number of aromatic nitrogens is 1. The van der Waals surface area contributed by atoms with Crippen molar-refractivity contribution in [3.63, 3.8) is 0 Å². The minimum Gasteiger partial charge on any atom is -0.466 e. The summed E-state index contributed by atoms with van der Waals surface area (Å²) in [5.74, 6) is -1.58. The Morgan fingerprint density at radius 3 is 2.49 bits per heavy atom. The number of amides is 3.